The molecule has 1 amide bonds. The van der Waals surface area contributed by atoms with Crippen LogP contribution in [0.1, 0.15) is 15.9 Å². The molecule has 0 aliphatic rings. The average Bonchev–Trinajstić information content (AvgIpc) is 3.05. The Morgan fingerprint density at radius 2 is 1.83 bits per heavy atom. The molecule has 0 spiro atoms. The Hall–Kier alpha value is -2.80. The van der Waals surface area contributed by atoms with Crippen molar-refractivity contribution in [2.45, 2.75) is 6.92 Å². The minimum atomic E-state index is -0.296. The van der Waals surface area contributed by atoms with Crippen LogP contribution in [0.5, 0.6) is 11.5 Å². The number of carbonyl (C=O) groups excluding carboxylic acids is 1. The quantitative estimate of drug-likeness (QED) is 0.695. The molecule has 2 N–H and O–H groups in total. The molecule has 3 aromatic rings. The van der Waals surface area contributed by atoms with Crippen molar-refractivity contribution in [1.82, 2.24) is 10.4 Å². The van der Waals surface area contributed by atoms with Crippen molar-refractivity contribution in [3.63, 3.8) is 0 Å². The van der Waals surface area contributed by atoms with Crippen LogP contribution < -0.4 is 20.3 Å². The Morgan fingerprint density at radius 3 is 2.58 bits per heavy atom. The largest absolute Gasteiger partial charge is 0.496 e. The van der Waals surface area contributed by atoms with E-state index in [1.165, 1.54) is 18.4 Å². The maximum absolute atomic E-state index is 12.3. The summed E-state index contributed by atoms with van der Waals surface area (Å²) in [4.78, 5) is 16.8. The van der Waals surface area contributed by atoms with Gasteiger partial charge in [-0.3, -0.25) is 15.6 Å². The highest BCUT2D eigenvalue weighted by atomic mass is 32.1. The van der Waals surface area contributed by atoms with Gasteiger partial charge in [-0.2, -0.15) is 0 Å². The van der Waals surface area contributed by atoms with Gasteiger partial charge in [-0.25, -0.2) is 4.98 Å². The first-order chi connectivity index (χ1) is 11.6. The molecule has 1 aromatic heterocycles. The molecule has 0 radical (unpaired) electrons. The third kappa shape index (κ3) is 2.98. The van der Waals surface area contributed by atoms with E-state index in [0.29, 0.717) is 22.2 Å². The van der Waals surface area contributed by atoms with Crippen molar-refractivity contribution in [2.75, 3.05) is 19.6 Å². The van der Waals surface area contributed by atoms with Gasteiger partial charge < -0.3 is 9.47 Å². The number of ether oxygens (including phenoxy) is 2. The number of rotatable bonds is 5. The van der Waals surface area contributed by atoms with Crippen LogP contribution in [-0.2, 0) is 0 Å². The second kappa shape index (κ2) is 6.76. The van der Waals surface area contributed by atoms with E-state index < -0.39 is 0 Å². The first-order valence-electron chi connectivity index (χ1n) is 7.27. The van der Waals surface area contributed by atoms with E-state index in [-0.39, 0.29) is 5.91 Å². The number of anilines is 1. The van der Waals surface area contributed by atoms with Gasteiger partial charge in [0.25, 0.3) is 5.91 Å². The van der Waals surface area contributed by atoms with Gasteiger partial charge in [-0.05, 0) is 30.7 Å². The van der Waals surface area contributed by atoms with Gasteiger partial charge in [-0.1, -0.05) is 29.5 Å². The van der Waals surface area contributed by atoms with Crippen molar-refractivity contribution >= 4 is 32.6 Å². The van der Waals surface area contributed by atoms with Crippen LogP contribution in [0, 0.1) is 6.92 Å². The van der Waals surface area contributed by atoms with Gasteiger partial charge in [0.1, 0.15) is 17.0 Å². The number of hydrogen-bond donors (Lipinski definition) is 2. The molecule has 0 saturated carbocycles. The van der Waals surface area contributed by atoms with Gasteiger partial charge in [-0.15, -0.1) is 0 Å². The molecule has 7 heteroatoms. The second-order valence-electron chi connectivity index (χ2n) is 5.06. The molecule has 6 nitrogen and oxygen atoms in total. The zero-order valence-electron chi connectivity index (χ0n) is 13.5. The highest BCUT2D eigenvalue weighted by Gasteiger charge is 2.14. The molecule has 1 heterocycles. The predicted octanol–water partition coefficient (Wildman–Crippen LogP) is 3.38. The van der Waals surface area contributed by atoms with E-state index in [2.05, 4.69) is 15.8 Å². The Balaban J connectivity index is 1.81. The number of fused-ring (bicyclic) bond motifs is 1. The van der Waals surface area contributed by atoms with Gasteiger partial charge in [0.05, 0.1) is 24.5 Å². The fraction of sp³-hybridized carbons (Fsp3) is 0.176. The minimum Gasteiger partial charge on any atom is -0.496 e. The number of benzene rings is 2. The van der Waals surface area contributed by atoms with E-state index in [9.17, 15) is 4.79 Å². The first-order valence-corrected chi connectivity index (χ1v) is 8.09. The van der Waals surface area contributed by atoms with E-state index in [1.54, 1.807) is 25.3 Å². The smallest absolute Gasteiger partial charge is 0.273 e. The summed E-state index contributed by atoms with van der Waals surface area (Å²) in [5.74, 6) is 0.921. The number of hydrazine groups is 1. The van der Waals surface area contributed by atoms with E-state index >= 15 is 0 Å². The summed E-state index contributed by atoms with van der Waals surface area (Å²) in [6.45, 7) is 2.01. The molecule has 24 heavy (non-hydrogen) atoms. The number of nitrogens with zero attached hydrogens (tertiary/aromatic N) is 1. The fourth-order valence-electron chi connectivity index (χ4n) is 2.34. The number of amides is 1. The van der Waals surface area contributed by atoms with Crippen molar-refractivity contribution in [2.24, 2.45) is 0 Å². The number of para-hydroxylation sites is 1. The van der Waals surface area contributed by atoms with Crippen molar-refractivity contribution in [3.8, 4) is 11.5 Å². The third-order valence-corrected chi connectivity index (χ3v) is 4.66. The molecule has 0 aliphatic carbocycles. The van der Waals surface area contributed by atoms with E-state index in [4.69, 9.17) is 9.47 Å². The molecule has 0 bridgehead atoms. The van der Waals surface area contributed by atoms with Crippen LogP contribution in [0.25, 0.3) is 10.2 Å². The van der Waals surface area contributed by atoms with Gasteiger partial charge in [0.2, 0.25) is 5.13 Å². The number of thiazole rings is 1. The van der Waals surface area contributed by atoms with Gasteiger partial charge in [0, 0.05) is 0 Å². The van der Waals surface area contributed by atoms with Crippen LogP contribution in [0.2, 0.25) is 0 Å². The Bertz CT molecular complexity index is 892. The monoisotopic (exact) mass is 343 g/mol. The average molecular weight is 343 g/mol. The van der Waals surface area contributed by atoms with Gasteiger partial charge >= 0.3 is 0 Å². The lowest BCUT2D eigenvalue weighted by Crippen LogP contribution is -2.29. The molecule has 0 atom stereocenters. The number of methoxy groups -OCH3 is 2. The van der Waals surface area contributed by atoms with Crippen LogP contribution >= 0.6 is 11.3 Å². The lowest BCUT2D eigenvalue weighted by molar-refractivity contribution is 0.0959. The topological polar surface area (TPSA) is 72.5 Å². The summed E-state index contributed by atoms with van der Waals surface area (Å²) in [7, 11) is 3.14. The van der Waals surface area contributed by atoms with Crippen LogP contribution in [0.15, 0.2) is 36.4 Å². The van der Waals surface area contributed by atoms with Crippen LogP contribution in [0.3, 0.4) is 0 Å². The Morgan fingerprint density at radius 1 is 1.08 bits per heavy atom. The predicted molar refractivity (Wildman–Crippen MR) is 95.0 cm³/mol. The summed E-state index contributed by atoms with van der Waals surface area (Å²) in [6, 6.07) is 10.9. The highest BCUT2D eigenvalue weighted by molar-refractivity contribution is 7.22. The minimum absolute atomic E-state index is 0.296. The number of carbonyl (C=O) groups is 1. The molecular weight excluding hydrogens is 326 g/mol. The molecule has 0 aliphatic heterocycles. The summed E-state index contributed by atoms with van der Waals surface area (Å²) in [5, 5.41) is 0.584. The summed E-state index contributed by atoms with van der Waals surface area (Å²) in [6.07, 6.45) is 0. The molecule has 2 aromatic carbocycles. The number of hydrogen-bond acceptors (Lipinski definition) is 6. The van der Waals surface area contributed by atoms with Crippen molar-refractivity contribution < 1.29 is 14.3 Å². The summed E-state index contributed by atoms with van der Waals surface area (Å²) < 4.78 is 11.5. The van der Waals surface area contributed by atoms with Gasteiger partial charge in [0.15, 0.2) is 0 Å². The first kappa shape index (κ1) is 16.1. The van der Waals surface area contributed by atoms with E-state index in [0.717, 1.165) is 15.8 Å². The third-order valence-electron chi connectivity index (χ3n) is 3.56. The molecule has 0 unspecified atom stereocenters. The second-order valence-corrected chi connectivity index (χ2v) is 6.06. The molecule has 124 valence electrons. The summed E-state index contributed by atoms with van der Waals surface area (Å²) in [5.41, 5.74) is 7.83. The molecular formula is C17H17N3O3S. The van der Waals surface area contributed by atoms with Crippen LogP contribution in [-0.4, -0.2) is 25.1 Å². The molecule has 0 fully saturated rings. The zero-order valence-corrected chi connectivity index (χ0v) is 14.4. The summed E-state index contributed by atoms with van der Waals surface area (Å²) >= 11 is 1.45. The standard InChI is InChI=1S/C17H17N3O3S/c1-10-8-9-13(23-3)14-15(10)24-17(18-14)20-19-16(21)11-6-4-5-7-12(11)22-2/h4-9H,1-3H3,(H,18,20)(H,19,21). The number of nitrogens with one attached hydrogen (secondary N) is 2. The lowest BCUT2D eigenvalue weighted by atomic mass is 10.2. The molecule has 0 saturated heterocycles. The molecule has 3 rings (SSSR count). The number of aromatic nitrogens is 1. The maximum atomic E-state index is 12.3. The Labute approximate surface area is 143 Å². The van der Waals surface area contributed by atoms with Crippen LogP contribution in [0.4, 0.5) is 5.13 Å². The zero-order chi connectivity index (χ0) is 17.1. The maximum Gasteiger partial charge on any atom is 0.273 e. The number of aryl methyl sites for hydroxylation is 1. The van der Waals surface area contributed by atoms with Crippen molar-refractivity contribution in [3.05, 3.63) is 47.5 Å². The van der Waals surface area contributed by atoms with Crippen molar-refractivity contribution in [1.29, 1.82) is 0 Å². The van der Waals surface area contributed by atoms with E-state index in [1.807, 2.05) is 25.1 Å². The normalized spacial score (nSPS) is 10.5. The lowest BCUT2D eigenvalue weighted by Gasteiger charge is -2.09. The highest BCUT2D eigenvalue weighted by Crippen LogP contribution is 2.34. The Kier molecular flexibility index (Phi) is 4.52. The SMILES string of the molecule is COc1ccccc1C(=O)NNc1nc2c(OC)ccc(C)c2s1. The fourth-order valence-corrected chi connectivity index (χ4v) is 3.24.